The third-order valence-electron chi connectivity index (χ3n) is 3.42. The minimum Gasteiger partial charge on any atom is -0.493 e. The Hall–Kier alpha value is -2.41. The summed E-state index contributed by atoms with van der Waals surface area (Å²) in [5.41, 5.74) is 9.04. The Morgan fingerprint density at radius 1 is 1.37 bits per heavy atom. The lowest BCUT2D eigenvalue weighted by molar-refractivity contribution is 0.288. The van der Waals surface area contributed by atoms with Gasteiger partial charge in [-0.1, -0.05) is 6.07 Å². The Kier molecular flexibility index (Phi) is 2.68. The molecule has 2 N–H and O–H groups in total. The highest BCUT2D eigenvalue weighted by Gasteiger charge is 2.19. The topological polar surface area (TPSA) is 72.2 Å². The van der Waals surface area contributed by atoms with Crippen molar-refractivity contribution in [2.75, 3.05) is 12.3 Å². The maximum Gasteiger partial charge on any atom is 0.209 e. The summed E-state index contributed by atoms with van der Waals surface area (Å²) in [6.45, 7) is 2.59. The number of aryl methyl sites for hydroxylation is 2. The van der Waals surface area contributed by atoms with Crippen LogP contribution in [0.5, 0.6) is 5.75 Å². The van der Waals surface area contributed by atoms with Gasteiger partial charge < -0.3 is 14.9 Å². The third kappa shape index (κ3) is 1.84. The van der Waals surface area contributed by atoms with Crippen molar-refractivity contribution in [2.45, 2.75) is 19.8 Å². The number of hydrogen-bond acceptors (Lipinski definition) is 4. The Morgan fingerprint density at radius 2 is 2.21 bits per heavy atom. The summed E-state index contributed by atoms with van der Waals surface area (Å²) in [6, 6.07) is 8.07. The zero-order chi connectivity index (χ0) is 13.4. The largest absolute Gasteiger partial charge is 0.493 e. The maximum atomic E-state index is 9.20. The van der Waals surface area contributed by atoms with E-state index in [2.05, 4.69) is 12.1 Å². The van der Waals surface area contributed by atoms with Crippen LogP contribution in [0.15, 0.2) is 22.6 Å². The number of fused-ring (bicyclic) bond motifs is 1. The van der Waals surface area contributed by atoms with Gasteiger partial charge in [-0.3, -0.25) is 0 Å². The molecule has 4 nitrogen and oxygen atoms in total. The Morgan fingerprint density at radius 3 is 3.00 bits per heavy atom. The normalized spacial score (nSPS) is 13.5. The fourth-order valence-corrected chi connectivity index (χ4v) is 2.54. The highest BCUT2D eigenvalue weighted by molar-refractivity contribution is 5.78. The van der Waals surface area contributed by atoms with Gasteiger partial charge >= 0.3 is 0 Å². The number of rotatable bonds is 1. The summed E-state index contributed by atoms with van der Waals surface area (Å²) in [6.07, 6.45) is 2.02. The molecule has 1 aliphatic heterocycles. The van der Waals surface area contributed by atoms with Gasteiger partial charge in [0.05, 0.1) is 6.61 Å². The second-order valence-corrected chi connectivity index (χ2v) is 4.66. The van der Waals surface area contributed by atoms with E-state index in [4.69, 9.17) is 14.9 Å². The maximum absolute atomic E-state index is 9.20. The van der Waals surface area contributed by atoms with Crippen molar-refractivity contribution < 1.29 is 9.15 Å². The fourth-order valence-electron chi connectivity index (χ4n) is 2.54. The molecule has 0 aliphatic carbocycles. The van der Waals surface area contributed by atoms with Gasteiger partial charge in [-0.05, 0) is 43.0 Å². The van der Waals surface area contributed by atoms with E-state index in [9.17, 15) is 5.26 Å². The number of anilines is 1. The molecule has 19 heavy (non-hydrogen) atoms. The highest BCUT2D eigenvalue weighted by Crippen LogP contribution is 2.36. The van der Waals surface area contributed by atoms with Crippen molar-refractivity contribution in [3.05, 3.63) is 35.1 Å². The molecule has 2 heterocycles. The quantitative estimate of drug-likeness (QED) is 0.849. The van der Waals surface area contributed by atoms with E-state index in [1.54, 1.807) is 0 Å². The van der Waals surface area contributed by atoms with E-state index in [-0.39, 0.29) is 5.88 Å². The lowest BCUT2D eigenvalue weighted by Gasteiger charge is -2.17. The van der Waals surface area contributed by atoms with Crippen molar-refractivity contribution >= 4 is 5.88 Å². The number of nitrogens with two attached hydrogens (primary N) is 1. The van der Waals surface area contributed by atoms with Gasteiger partial charge in [-0.25, -0.2) is 0 Å². The van der Waals surface area contributed by atoms with Gasteiger partial charge in [0.25, 0.3) is 0 Å². The molecular weight excluding hydrogens is 240 g/mol. The summed E-state index contributed by atoms with van der Waals surface area (Å²) in [7, 11) is 0. The van der Waals surface area contributed by atoms with Gasteiger partial charge in [-0.15, -0.1) is 0 Å². The number of nitrogens with zero attached hydrogens (tertiary/aromatic N) is 1. The summed E-state index contributed by atoms with van der Waals surface area (Å²) in [4.78, 5) is 0. The van der Waals surface area contributed by atoms with Gasteiger partial charge in [-0.2, -0.15) is 5.26 Å². The average Bonchev–Trinajstić information content (AvgIpc) is 2.72. The van der Waals surface area contributed by atoms with Crippen molar-refractivity contribution in [1.29, 1.82) is 5.26 Å². The van der Waals surface area contributed by atoms with E-state index >= 15 is 0 Å². The van der Waals surface area contributed by atoms with Crippen molar-refractivity contribution in [3.63, 3.8) is 0 Å². The Balaban J connectivity index is 2.15. The number of hydrogen-bond donors (Lipinski definition) is 1. The minimum atomic E-state index is 0.184. The molecule has 0 saturated heterocycles. The summed E-state index contributed by atoms with van der Waals surface area (Å²) in [5, 5.41) is 9.20. The van der Waals surface area contributed by atoms with E-state index in [0.717, 1.165) is 36.3 Å². The first-order valence-electron chi connectivity index (χ1n) is 6.25. The number of nitriles is 1. The van der Waals surface area contributed by atoms with Gasteiger partial charge in [0.15, 0.2) is 0 Å². The molecule has 2 aromatic rings. The molecule has 0 spiro atoms. The van der Waals surface area contributed by atoms with Gasteiger partial charge in [0.1, 0.15) is 23.1 Å². The van der Waals surface area contributed by atoms with E-state index in [0.29, 0.717) is 11.3 Å². The number of benzene rings is 1. The monoisotopic (exact) mass is 254 g/mol. The predicted molar refractivity (Wildman–Crippen MR) is 71.8 cm³/mol. The fraction of sp³-hybridized carbons (Fsp3) is 0.267. The molecule has 3 rings (SSSR count). The SMILES string of the molecule is Cc1oc(N)c(C#N)c1-c1ccc2c(c1)CCCO2. The van der Waals surface area contributed by atoms with Crippen LogP contribution in [-0.4, -0.2) is 6.61 Å². The van der Waals surface area contributed by atoms with Crippen LogP contribution >= 0.6 is 0 Å². The summed E-state index contributed by atoms with van der Waals surface area (Å²) >= 11 is 0. The zero-order valence-corrected chi connectivity index (χ0v) is 10.7. The van der Waals surface area contributed by atoms with Crippen LogP contribution in [0, 0.1) is 18.3 Å². The molecule has 0 radical (unpaired) electrons. The second kappa shape index (κ2) is 4.36. The number of furan rings is 1. The standard InChI is InChI=1S/C15H14N2O2/c1-9-14(12(8-16)15(17)19-9)11-4-5-13-10(7-11)3-2-6-18-13/h4-5,7H,2-3,6,17H2,1H3. The number of nitrogen functional groups attached to an aromatic ring is 1. The molecule has 0 amide bonds. The van der Waals surface area contributed by atoms with Crippen LogP contribution in [0.3, 0.4) is 0 Å². The van der Waals surface area contributed by atoms with E-state index < -0.39 is 0 Å². The van der Waals surface area contributed by atoms with Crippen LogP contribution in [0.25, 0.3) is 11.1 Å². The van der Waals surface area contributed by atoms with Crippen molar-refractivity contribution in [1.82, 2.24) is 0 Å². The van der Waals surface area contributed by atoms with Crippen LogP contribution in [0.1, 0.15) is 23.3 Å². The van der Waals surface area contributed by atoms with Crippen LogP contribution in [-0.2, 0) is 6.42 Å². The second-order valence-electron chi connectivity index (χ2n) is 4.66. The molecule has 96 valence electrons. The molecule has 0 fully saturated rings. The van der Waals surface area contributed by atoms with Gasteiger partial charge in [0, 0.05) is 5.56 Å². The molecule has 0 saturated carbocycles. The van der Waals surface area contributed by atoms with Crippen LogP contribution < -0.4 is 10.5 Å². The molecule has 1 aliphatic rings. The smallest absolute Gasteiger partial charge is 0.209 e. The molecule has 0 atom stereocenters. The molecular formula is C15H14N2O2. The Bertz CT molecular complexity index is 680. The Labute approximate surface area is 111 Å². The highest BCUT2D eigenvalue weighted by atomic mass is 16.5. The molecule has 0 unspecified atom stereocenters. The summed E-state index contributed by atoms with van der Waals surface area (Å²) in [5.74, 6) is 1.79. The van der Waals surface area contributed by atoms with Crippen LogP contribution in [0.4, 0.5) is 5.88 Å². The van der Waals surface area contributed by atoms with Crippen molar-refractivity contribution in [3.8, 4) is 22.9 Å². The molecule has 0 bridgehead atoms. The molecule has 1 aromatic carbocycles. The van der Waals surface area contributed by atoms with Crippen molar-refractivity contribution in [2.24, 2.45) is 0 Å². The first-order valence-corrected chi connectivity index (χ1v) is 6.25. The molecule has 1 aromatic heterocycles. The summed E-state index contributed by atoms with van der Waals surface area (Å²) < 4.78 is 11.0. The van der Waals surface area contributed by atoms with Gasteiger partial charge in [0.2, 0.25) is 5.88 Å². The third-order valence-corrected chi connectivity index (χ3v) is 3.42. The first kappa shape index (κ1) is 11.7. The zero-order valence-electron chi connectivity index (χ0n) is 10.7. The predicted octanol–water partition coefficient (Wildman–Crippen LogP) is 3.03. The first-order chi connectivity index (χ1) is 9.20. The number of ether oxygens (including phenoxy) is 1. The lowest BCUT2D eigenvalue weighted by atomic mass is 9.97. The minimum absolute atomic E-state index is 0.184. The van der Waals surface area contributed by atoms with E-state index in [1.807, 2.05) is 19.1 Å². The lowest BCUT2D eigenvalue weighted by Crippen LogP contribution is -2.08. The molecule has 4 heteroatoms. The van der Waals surface area contributed by atoms with E-state index in [1.165, 1.54) is 5.56 Å². The average molecular weight is 254 g/mol. The van der Waals surface area contributed by atoms with Crippen LogP contribution in [0.2, 0.25) is 0 Å².